The number of allylic oxidation sites excluding steroid dienone is 1. The molecular formula is C14H26OSi. The van der Waals surface area contributed by atoms with Gasteiger partial charge in [-0.1, -0.05) is 53.5 Å². The van der Waals surface area contributed by atoms with Crippen molar-refractivity contribution in [1.82, 2.24) is 0 Å². The maximum Gasteiger partial charge on any atom is 0.146 e. The molecule has 0 rings (SSSR count). The molecule has 0 saturated heterocycles. The van der Waals surface area contributed by atoms with Crippen LogP contribution in [0, 0.1) is 11.5 Å². The summed E-state index contributed by atoms with van der Waals surface area (Å²) in [5.74, 6) is 3.14. The highest BCUT2D eigenvalue weighted by Gasteiger charge is 2.41. The maximum atomic E-state index is 8.68. The minimum absolute atomic E-state index is 0.0777. The molecule has 0 fully saturated rings. The molecule has 16 heavy (non-hydrogen) atoms. The van der Waals surface area contributed by atoms with Crippen LogP contribution in [0.3, 0.4) is 0 Å². The first-order valence-electron chi connectivity index (χ1n) is 6.18. The second kappa shape index (κ2) is 6.93. The van der Waals surface area contributed by atoms with Gasteiger partial charge in [0, 0.05) is 0 Å². The zero-order valence-electron chi connectivity index (χ0n) is 11.5. The first-order chi connectivity index (χ1) is 7.39. The van der Waals surface area contributed by atoms with Crippen LogP contribution in [0.4, 0.5) is 0 Å². The Kier molecular flexibility index (Phi) is 6.70. The van der Waals surface area contributed by atoms with Crippen LogP contribution in [0.25, 0.3) is 0 Å². The third kappa shape index (κ3) is 3.50. The summed E-state index contributed by atoms with van der Waals surface area (Å²) in [5.41, 5.74) is 5.56. The number of aliphatic hydroxyl groups is 1. The molecule has 0 aromatic carbocycles. The summed E-state index contributed by atoms with van der Waals surface area (Å²) in [5, 5.41) is 8.68. The molecule has 0 unspecified atom stereocenters. The van der Waals surface area contributed by atoms with Gasteiger partial charge in [0.2, 0.25) is 0 Å². The molecule has 0 aliphatic heterocycles. The van der Waals surface area contributed by atoms with Gasteiger partial charge in [-0.05, 0) is 22.7 Å². The molecule has 0 aromatic rings. The lowest BCUT2D eigenvalue weighted by atomic mass is 10.5. The highest BCUT2D eigenvalue weighted by molar-refractivity contribution is 6.90. The van der Waals surface area contributed by atoms with E-state index in [2.05, 4.69) is 53.0 Å². The van der Waals surface area contributed by atoms with Crippen LogP contribution in [0.5, 0.6) is 0 Å². The van der Waals surface area contributed by atoms with E-state index in [0.29, 0.717) is 16.6 Å². The van der Waals surface area contributed by atoms with Gasteiger partial charge in [-0.15, -0.1) is 5.54 Å². The van der Waals surface area contributed by atoms with E-state index in [0.717, 1.165) is 0 Å². The smallest absolute Gasteiger partial charge is 0.146 e. The van der Waals surface area contributed by atoms with E-state index in [1.807, 2.05) is 0 Å². The third-order valence-corrected chi connectivity index (χ3v) is 9.77. The number of aliphatic hydroxyl groups excluding tert-OH is 1. The lowest BCUT2D eigenvalue weighted by Gasteiger charge is -2.37. The van der Waals surface area contributed by atoms with E-state index in [4.69, 9.17) is 5.11 Å². The highest BCUT2D eigenvalue weighted by atomic mass is 28.3. The average Bonchev–Trinajstić information content (AvgIpc) is 2.16. The molecular weight excluding hydrogens is 212 g/mol. The van der Waals surface area contributed by atoms with Crippen LogP contribution in [-0.2, 0) is 0 Å². The Morgan fingerprint density at radius 1 is 1.00 bits per heavy atom. The Morgan fingerprint density at radius 2 is 1.44 bits per heavy atom. The van der Waals surface area contributed by atoms with Gasteiger partial charge in [0.15, 0.2) is 0 Å². The lowest BCUT2D eigenvalue weighted by Crippen LogP contribution is -2.43. The van der Waals surface area contributed by atoms with Gasteiger partial charge >= 0.3 is 0 Å². The molecule has 0 aliphatic carbocycles. The van der Waals surface area contributed by atoms with Gasteiger partial charge in [-0.3, -0.25) is 0 Å². The maximum absolute atomic E-state index is 8.68. The molecule has 0 radical (unpaired) electrons. The van der Waals surface area contributed by atoms with Crippen LogP contribution in [-0.4, -0.2) is 19.8 Å². The minimum Gasteiger partial charge on any atom is -0.392 e. The summed E-state index contributed by atoms with van der Waals surface area (Å²) in [6.07, 6.45) is 3.49. The lowest BCUT2D eigenvalue weighted by molar-refractivity contribution is 0.343. The molecule has 0 bridgehead atoms. The van der Waals surface area contributed by atoms with Crippen LogP contribution in [0.2, 0.25) is 16.6 Å². The van der Waals surface area contributed by atoms with Gasteiger partial charge in [-0.25, -0.2) is 0 Å². The van der Waals surface area contributed by atoms with Crippen LogP contribution in [0.1, 0.15) is 41.5 Å². The van der Waals surface area contributed by atoms with Crippen molar-refractivity contribution in [1.29, 1.82) is 0 Å². The summed E-state index contributed by atoms with van der Waals surface area (Å²) >= 11 is 0. The van der Waals surface area contributed by atoms with E-state index < -0.39 is 8.07 Å². The number of hydrogen-bond donors (Lipinski definition) is 1. The van der Waals surface area contributed by atoms with E-state index in [9.17, 15) is 0 Å². The topological polar surface area (TPSA) is 20.2 Å². The fourth-order valence-electron chi connectivity index (χ4n) is 2.71. The van der Waals surface area contributed by atoms with Gasteiger partial charge < -0.3 is 5.11 Å². The Labute approximate surface area is 102 Å². The van der Waals surface area contributed by atoms with Crippen molar-refractivity contribution in [3.8, 4) is 11.5 Å². The van der Waals surface area contributed by atoms with Crippen LogP contribution >= 0.6 is 0 Å². The van der Waals surface area contributed by atoms with E-state index in [-0.39, 0.29) is 6.61 Å². The van der Waals surface area contributed by atoms with Gasteiger partial charge in [0.25, 0.3) is 0 Å². The summed E-state index contributed by atoms with van der Waals surface area (Å²) in [4.78, 5) is 0. The largest absolute Gasteiger partial charge is 0.392 e. The Morgan fingerprint density at radius 3 is 1.75 bits per heavy atom. The first kappa shape index (κ1) is 15.5. The molecule has 0 spiro atoms. The van der Waals surface area contributed by atoms with Crippen molar-refractivity contribution in [3.63, 3.8) is 0 Å². The van der Waals surface area contributed by atoms with Gasteiger partial charge in [0.1, 0.15) is 8.07 Å². The molecule has 1 nitrogen and oxygen atoms in total. The minimum atomic E-state index is -1.57. The second-order valence-electron chi connectivity index (χ2n) is 5.25. The van der Waals surface area contributed by atoms with E-state index in [1.165, 1.54) is 0 Å². The average molecular weight is 238 g/mol. The molecule has 1 N–H and O–H groups in total. The Balaban J connectivity index is 5.18. The Bertz CT molecular complexity index is 257. The zero-order valence-corrected chi connectivity index (χ0v) is 12.5. The predicted molar refractivity (Wildman–Crippen MR) is 75.0 cm³/mol. The molecule has 0 saturated carbocycles. The van der Waals surface area contributed by atoms with Crippen molar-refractivity contribution in [3.05, 3.63) is 12.2 Å². The summed E-state index contributed by atoms with van der Waals surface area (Å²) in [7, 11) is -1.57. The fraction of sp³-hybridized carbons (Fsp3) is 0.714. The molecule has 0 aliphatic rings. The quantitative estimate of drug-likeness (QED) is 0.584. The van der Waals surface area contributed by atoms with Crippen molar-refractivity contribution in [2.75, 3.05) is 6.61 Å². The van der Waals surface area contributed by atoms with Crippen LogP contribution in [0.15, 0.2) is 12.2 Å². The van der Waals surface area contributed by atoms with Crippen molar-refractivity contribution < 1.29 is 5.11 Å². The second-order valence-corrected chi connectivity index (χ2v) is 10.8. The van der Waals surface area contributed by atoms with Gasteiger partial charge in [-0.2, -0.15) is 0 Å². The molecule has 2 heteroatoms. The SMILES string of the molecule is CC(C)[Si](C#C/C=C/CO)(C(C)C)C(C)C. The van der Waals surface area contributed by atoms with Crippen LogP contribution < -0.4 is 0 Å². The van der Waals surface area contributed by atoms with Crippen molar-refractivity contribution in [2.24, 2.45) is 0 Å². The van der Waals surface area contributed by atoms with Crippen molar-refractivity contribution >= 4 is 8.07 Å². The molecule has 0 atom stereocenters. The predicted octanol–water partition coefficient (Wildman–Crippen LogP) is 3.76. The summed E-state index contributed by atoms with van der Waals surface area (Å²) in [6.45, 7) is 13.9. The van der Waals surface area contributed by atoms with Gasteiger partial charge in [0.05, 0.1) is 6.61 Å². The summed E-state index contributed by atoms with van der Waals surface area (Å²) < 4.78 is 0. The third-order valence-electron chi connectivity index (χ3n) is 3.46. The fourth-order valence-corrected chi connectivity index (χ4v) is 7.91. The number of hydrogen-bond acceptors (Lipinski definition) is 1. The Hall–Kier alpha value is -0.523. The standard InChI is InChI=1S/C14H26OSi/c1-12(2)16(13(3)4,14(5)6)11-9-7-8-10-15/h7-8,12-15H,10H2,1-6H3/b8-7+. The normalized spacial score (nSPS) is 12.6. The molecule has 0 heterocycles. The molecule has 0 aromatic heterocycles. The first-order valence-corrected chi connectivity index (χ1v) is 8.41. The highest BCUT2D eigenvalue weighted by Crippen LogP contribution is 2.40. The monoisotopic (exact) mass is 238 g/mol. The molecule has 0 amide bonds. The zero-order chi connectivity index (χ0) is 12.8. The molecule has 92 valence electrons. The van der Waals surface area contributed by atoms with E-state index in [1.54, 1.807) is 12.2 Å². The summed E-state index contributed by atoms with van der Waals surface area (Å²) in [6, 6.07) is 0. The van der Waals surface area contributed by atoms with Crippen molar-refractivity contribution in [2.45, 2.75) is 58.2 Å². The van der Waals surface area contributed by atoms with E-state index >= 15 is 0 Å². The number of rotatable bonds is 4.